The summed E-state index contributed by atoms with van der Waals surface area (Å²) in [4.78, 5) is 9.10. The van der Waals surface area contributed by atoms with E-state index in [1.54, 1.807) is 6.92 Å². The number of rotatable bonds is 7. The number of hydrogen-bond acceptors (Lipinski definition) is 3. The van der Waals surface area contributed by atoms with Gasteiger partial charge in [-0.05, 0) is 6.92 Å². The summed E-state index contributed by atoms with van der Waals surface area (Å²) in [6.45, 7) is 1.61. The van der Waals surface area contributed by atoms with Crippen LogP contribution in [0.4, 0.5) is 0 Å². The van der Waals surface area contributed by atoms with E-state index >= 15 is 0 Å². The van der Waals surface area contributed by atoms with Gasteiger partial charge in [0.25, 0.3) is 0 Å². The lowest BCUT2D eigenvalue weighted by Gasteiger charge is -2.18. The van der Waals surface area contributed by atoms with E-state index in [1.807, 2.05) is 0 Å². The minimum absolute atomic E-state index is 0.133. The van der Waals surface area contributed by atoms with Crippen LogP contribution in [0.5, 0.6) is 0 Å². The Morgan fingerprint density at radius 2 is 2.07 bits per heavy atom. The lowest BCUT2D eigenvalue weighted by molar-refractivity contribution is 0.143. The highest BCUT2D eigenvalue weighted by Crippen LogP contribution is 2.46. The zero-order valence-electron chi connectivity index (χ0n) is 7.78. The average molecular weight is 409 g/mol. The molecule has 0 aromatic rings. The van der Waals surface area contributed by atoms with E-state index < -0.39 is 18.2 Å². The quantitative estimate of drug-likeness (QED) is 0.517. The summed E-state index contributed by atoms with van der Waals surface area (Å²) in [6, 6.07) is 0. The maximum Gasteiger partial charge on any atom is 0.473 e. The predicted octanol–water partition coefficient (Wildman–Crippen LogP) is 3.47. The minimum atomic E-state index is -4.09. The topological polar surface area (TPSA) is 55.8 Å². The van der Waals surface area contributed by atoms with E-state index in [0.29, 0.717) is 0 Å². The Hall–Kier alpha value is 1.65. The average Bonchev–Trinajstić information content (AvgIpc) is 2.13. The van der Waals surface area contributed by atoms with Crippen molar-refractivity contribution in [3.05, 3.63) is 0 Å². The molecule has 0 saturated heterocycles. The predicted molar refractivity (Wildman–Crippen MR) is 68.3 cm³/mol. The van der Waals surface area contributed by atoms with Gasteiger partial charge >= 0.3 is 7.82 Å². The third-order valence-corrected chi connectivity index (χ3v) is 5.42. The van der Waals surface area contributed by atoms with Gasteiger partial charge in [-0.3, -0.25) is 9.05 Å². The minimum Gasteiger partial charge on any atom is -0.302 e. The van der Waals surface area contributed by atoms with Crippen LogP contribution in [0.1, 0.15) is 6.92 Å². The number of alkyl halides is 4. The first-order valence-corrected chi connectivity index (χ1v) is 8.22. The molecule has 0 saturated carbocycles. The fourth-order valence-electron chi connectivity index (χ4n) is 0.461. The van der Waals surface area contributed by atoms with Crippen molar-refractivity contribution >= 4 is 62.9 Å². The molecule has 92 valence electrons. The number of halogens is 4. The van der Waals surface area contributed by atoms with Gasteiger partial charge in [-0.15, -0.1) is 23.2 Å². The van der Waals surface area contributed by atoms with Gasteiger partial charge in [0.2, 0.25) is 0 Å². The Kier molecular flexibility index (Phi) is 8.74. The standard InChI is InChI=1S/C6H11Br2Cl2O4P/c1-4(7)6(8)14-15(11,12)13-3-5(10)2-9/h4-6H,2-3H2,1H3,(H,11,12). The molecule has 0 amide bonds. The van der Waals surface area contributed by atoms with Crippen LogP contribution >= 0.6 is 62.9 Å². The SMILES string of the molecule is CC(Br)C(Br)OP(=O)(O)OCC(Cl)CCl. The van der Waals surface area contributed by atoms with E-state index in [0.717, 1.165) is 0 Å². The molecule has 0 radical (unpaired) electrons. The second kappa shape index (κ2) is 7.88. The Morgan fingerprint density at radius 1 is 1.53 bits per heavy atom. The molecule has 9 heteroatoms. The van der Waals surface area contributed by atoms with Crippen LogP contribution in [0.25, 0.3) is 0 Å². The van der Waals surface area contributed by atoms with Crippen LogP contribution in [-0.2, 0) is 13.6 Å². The van der Waals surface area contributed by atoms with Crippen molar-refractivity contribution in [2.75, 3.05) is 12.5 Å². The summed E-state index contributed by atoms with van der Waals surface area (Å²) >= 11 is 17.2. The Labute approximate surface area is 115 Å². The lowest BCUT2D eigenvalue weighted by Crippen LogP contribution is -2.16. The summed E-state index contributed by atoms with van der Waals surface area (Å²) < 4.78 is 20.7. The van der Waals surface area contributed by atoms with Crippen LogP contribution in [0, 0.1) is 0 Å². The monoisotopic (exact) mass is 406 g/mol. The first-order valence-electron chi connectivity index (χ1n) is 3.92. The molecule has 4 nitrogen and oxygen atoms in total. The van der Waals surface area contributed by atoms with Crippen LogP contribution in [-0.4, -0.2) is 32.6 Å². The molecule has 0 spiro atoms. The number of hydrogen-bond donors (Lipinski definition) is 1. The highest BCUT2D eigenvalue weighted by molar-refractivity contribution is 9.12. The molecule has 0 rings (SSSR count). The van der Waals surface area contributed by atoms with Crippen molar-refractivity contribution in [1.82, 2.24) is 0 Å². The Balaban J connectivity index is 4.02. The highest BCUT2D eigenvalue weighted by Gasteiger charge is 2.28. The van der Waals surface area contributed by atoms with Crippen molar-refractivity contribution in [2.24, 2.45) is 0 Å². The van der Waals surface area contributed by atoms with Gasteiger partial charge in [0.1, 0.15) is 5.01 Å². The third kappa shape index (κ3) is 8.38. The Bertz CT molecular complexity index is 231. The first-order chi connectivity index (χ1) is 6.78. The molecule has 0 fully saturated rings. The van der Waals surface area contributed by atoms with Gasteiger partial charge in [-0.25, -0.2) is 4.57 Å². The van der Waals surface area contributed by atoms with Gasteiger partial charge in [-0.2, -0.15) is 0 Å². The van der Waals surface area contributed by atoms with E-state index in [2.05, 4.69) is 36.4 Å². The van der Waals surface area contributed by atoms with E-state index in [9.17, 15) is 9.46 Å². The van der Waals surface area contributed by atoms with Crippen molar-refractivity contribution in [3.63, 3.8) is 0 Å². The van der Waals surface area contributed by atoms with Gasteiger partial charge < -0.3 is 4.89 Å². The molecule has 0 aliphatic rings. The second-order valence-electron chi connectivity index (χ2n) is 2.65. The molecule has 0 heterocycles. The second-order valence-corrected chi connectivity index (χ2v) is 7.33. The van der Waals surface area contributed by atoms with Gasteiger partial charge in [0.05, 0.1) is 12.0 Å². The van der Waals surface area contributed by atoms with Crippen molar-refractivity contribution in [1.29, 1.82) is 0 Å². The zero-order chi connectivity index (χ0) is 12.1. The fraction of sp³-hybridized carbons (Fsp3) is 1.00. The van der Waals surface area contributed by atoms with Gasteiger partial charge in [-0.1, -0.05) is 31.9 Å². The van der Waals surface area contributed by atoms with Gasteiger partial charge in [0, 0.05) is 10.7 Å². The molecular weight excluding hydrogens is 398 g/mol. The smallest absolute Gasteiger partial charge is 0.302 e. The molecule has 15 heavy (non-hydrogen) atoms. The van der Waals surface area contributed by atoms with Gasteiger partial charge in [0.15, 0.2) is 0 Å². The lowest BCUT2D eigenvalue weighted by atomic mass is 10.5. The summed E-state index contributed by atoms with van der Waals surface area (Å²) in [7, 11) is -4.09. The fourth-order valence-corrected chi connectivity index (χ4v) is 2.48. The molecule has 0 aliphatic heterocycles. The van der Waals surface area contributed by atoms with Crippen molar-refractivity contribution < 1.29 is 18.5 Å². The molecular formula is C6H11Br2Cl2O4P. The molecule has 4 atom stereocenters. The van der Waals surface area contributed by atoms with Crippen molar-refractivity contribution in [3.8, 4) is 0 Å². The first kappa shape index (κ1) is 16.6. The summed E-state index contributed by atoms with van der Waals surface area (Å²) in [5, 5.41) is -1.15. The van der Waals surface area contributed by atoms with Crippen LogP contribution in [0.2, 0.25) is 0 Å². The molecule has 4 unspecified atom stereocenters. The maximum atomic E-state index is 11.3. The van der Waals surface area contributed by atoms with E-state index in [4.69, 9.17) is 27.7 Å². The Morgan fingerprint density at radius 3 is 2.47 bits per heavy atom. The highest BCUT2D eigenvalue weighted by atomic mass is 79.9. The zero-order valence-corrected chi connectivity index (χ0v) is 13.4. The van der Waals surface area contributed by atoms with Crippen LogP contribution in [0.3, 0.4) is 0 Å². The van der Waals surface area contributed by atoms with Crippen LogP contribution in [0.15, 0.2) is 0 Å². The molecule has 0 aromatic heterocycles. The van der Waals surface area contributed by atoms with E-state index in [1.165, 1.54) is 0 Å². The molecule has 0 bridgehead atoms. The summed E-state index contributed by atoms with van der Waals surface area (Å²) in [5.74, 6) is 0.133. The summed E-state index contributed by atoms with van der Waals surface area (Å²) in [5.41, 5.74) is 0. The normalized spacial score (nSPS) is 21.7. The molecule has 0 aromatic carbocycles. The number of phosphoric acid groups is 1. The maximum absolute atomic E-state index is 11.3. The largest absolute Gasteiger partial charge is 0.473 e. The molecule has 0 aliphatic carbocycles. The third-order valence-electron chi connectivity index (χ3n) is 1.18. The number of phosphoric ester groups is 1. The van der Waals surface area contributed by atoms with Crippen LogP contribution < -0.4 is 0 Å². The molecule has 1 N–H and O–H groups in total. The van der Waals surface area contributed by atoms with Crippen molar-refractivity contribution in [2.45, 2.75) is 22.1 Å². The van der Waals surface area contributed by atoms with E-state index in [-0.39, 0.29) is 17.3 Å². The summed E-state index contributed by atoms with van der Waals surface area (Å²) in [6.07, 6.45) is 0.